The second kappa shape index (κ2) is 17.5. The van der Waals surface area contributed by atoms with Gasteiger partial charge in [0.1, 0.15) is 35.6 Å². The van der Waals surface area contributed by atoms with Crippen molar-refractivity contribution < 1.29 is 52.3 Å². The van der Waals surface area contributed by atoms with Crippen LogP contribution in [0.3, 0.4) is 0 Å². The van der Waals surface area contributed by atoms with Crippen LogP contribution in [0.4, 0.5) is 4.39 Å². The predicted molar refractivity (Wildman–Crippen MR) is 215 cm³/mol. The molecule has 1 aliphatic carbocycles. The van der Waals surface area contributed by atoms with Crippen LogP contribution in [-0.4, -0.2) is 82.6 Å². The molecule has 1 aromatic carbocycles. The van der Waals surface area contributed by atoms with Crippen LogP contribution < -0.4 is 0 Å². The molecular weight excluding hydrogens is 758 g/mol. The van der Waals surface area contributed by atoms with Gasteiger partial charge in [0.25, 0.3) is 0 Å². The number of pyridine rings is 1. The number of halogens is 1. The minimum absolute atomic E-state index is 0.0632. The molecule has 4 aliphatic heterocycles. The smallest absolute Gasteiger partial charge is 0.338 e. The fourth-order valence-electron chi connectivity index (χ4n) is 8.92. The van der Waals surface area contributed by atoms with Gasteiger partial charge < -0.3 is 33.5 Å². The number of nitrogens with zero attached hydrogens (tertiary/aromatic N) is 1. The Morgan fingerprint density at radius 3 is 2.36 bits per heavy atom. The summed E-state index contributed by atoms with van der Waals surface area (Å²) < 4.78 is 52.1. The first-order valence-corrected chi connectivity index (χ1v) is 20.6. The van der Waals surface area contributed by atoms with Gasteiger partial charge in [-0.25, -0.2) is 14.0 Å². The lowest BCUT2D eigenvalue weighted by molar-refractivity contribution is -0.300. The Labute approximate surface area is 344 Å². The van der Waals surface area contributed by atoms with Crippen LogP contribution in [-0.2, 0) is 33.2 Å². The lowest BCUT2D eigenvalue weighted by Gasteiger charge is -2.48. The molecular formula is C47H54FNO10. The van der Waals surface area contributed by atoms with Crippen LogP contribution >= 0.6 is 0 Å². The van der Waals surface area contributed by atoms with Crippen molar-refractivity contribution in [3.63, 3.8) is 0 Å². The van der Waals surface area contributed by atoms with E-state index in [4.69, 9.17) is 28.4 Å². The van der Waals surface area contributed by atoms with Crippen LogP contribution in [0.15, 0.2) is 108 Å². The van der Waals surface area contributed by atoms with Crippen molar-refractivity contribution in [2.75, 3.05) is 6.61 Å². The van der Waals surface area contributed by atoms with Crippen LogP contribution in [0.25, 0.3) is 0 Å². The largest absolute Gasteiger partial charge is 0.462 e. The first-order chi connectivity index (χ1) is 28.2. The summed E-state index contributed by atoms with van der Waals surface area (Å²) in [6, 6.07) is 8.25. The van der Waals surface area contributed by atoms with E-state index in [0.29, 0.717) is 24.0 Å². The zero-order valence-electron chi connectivity index (χ0n) is 34.4. The second-order valence-electron chi connectivity index (χ2n) is 16.7. The van der Waals surface area contributed by atoms with Crippen molar-refractivity contribution in [2.24, 2.45) is 23.7 Å². The van der Waals surface area contributed by atoms with Crippen molar-refractivity contribution in [1.82, 2.24) is 4.98 Å². The van der Waals surface area contributed by atoms with Gasteiger partial charge in [-0.05, 0) is 85.4 Å². The molecule has 314 valence electrons. The quantitative estimate of drug-likeness (QED) is 0.176. The molecule has 1 N–H and O–H groups in total. The van der Waals surface area contributed by atoms with Crippen LogP contribution in [0.2, 0.25) is 0 Å². The average Bonchev–Trinajstić information content (AvgIpc) is 3.56. The number of fused-ring (bicyclic) bond motifs is 2. The molecule has 0 radical (unpaired) electrons. The number of aliphatic hydroxyl groups is 1. The number of carbonyl (C=O) groups is 3. The standard InChI is InChI=1S/C47H54FNO10/c1-7-27(2)40-30(5)17-20-46(59-40)25-37-24-36(58-46)16-11-29(4)39(56-43(50)32-12-14-35(48)15-13-32)28(3)9-8-10-34-26-54-42-41(57-44(51)33-18-21-49-22-19-33)31(6)23-38(45(52)55-37)47(34,42)53/h8-15,17-23,27-28,30,36-42,53H,7,16,24-26H2,1-6H3/b9-8+,29-11+,34-10+/t27-,28-,30-,36+,37-,38-,39-,40+,41+,42+,46+,47+/m0/s1. The number of allylic oxidation sites excluding steroid dienone is 2. The zero-order valence-corrected chi connectivity index (χ0v) is 34.4. The number of hydrogen-bond acceptors (Lipinski definition) is 11. The van der Waals surface area contributed by atoms with E-state index < -0.39 is 71.6 Å². The van der Waals surface area contributed by atoms with Gasteiger partial charge in [-0.3, -0.25) is 9.78 Å². The molecule has 59 heavy (non-hydrogen) atoms. The lowest BCUT2D eigenvalue weighted by Crippen LogP contribution is -2.59. The van der Waals surface area contributed by atoms with Crippen LogP contribution in [0, 0.1) is 29.5 Å². The summed E-state index contributed by atoms with van der Waals surface area (Å²) in [6.45, 7) is 11.8. The lowest BCUT2D eigenvalue weighted by atomic mass is 9.70. The normalized spacial score (nSPS) is 37.4. The minimum Gasteiger partial charge on any atom is -0.462 e. The van der Waals surface area contributed by atoms with Gasteiger partial charge in [0, 0.05) is 37.1 Å². The Balaban J connectivity index is 1.28. The Bertz CT molecular complexity index is 2040. The first kappa shape index (κ1) is 42.4. The molecule has 1 aromatic heterocycles. The fourth-order valence-corrected chi connectivity index (χ4v) is 8.92. The van der Waals surface area contributed by atoms with Gasteiger partial charge in [-0.1, -0.05) is 70.6 Å². The van der Waals surface area contributed by atoms with Gasteiger partial charge in [0.05, 0.1) is 29.9 Å². The third-order valence-corrected chi connectivity index (χ3v) is 12.5. The summed E-state index contributed by atoms with van der Waals surface area (Å²) in [5.41, 5.74) is 0.188. The number of carbonyl (C=O) groups excluding carboxylic acids is 3. The van der Waals surface area contributed by atoms with E-state index in [1.54, 1.807) is 25.2 Å². The summed E-state index contributed by atoms with van der Waals surface area (Å²) in [7, 11) is 0. The Morgan fingerprint density at radius 2 is 1.64 bits per heavy atom. The number of esters is 3. The highest BCUT2D eigenvalue weighted by Crippen LogP contribution is 2.48. The van der Waals surface area contributed by atoms with Crippen LogP contribution in [0.1, 0.15) is 87.9 Å². The van der Waals surface area contributed by atoms with E-state index >= 15 is 0 Å². The molecule has 12 heteroatoms. The van der Waals surface area contributed by atoms with E-state index in [1.807, 2.05) is 32.1 Å². The van der Waals surface area contributed by atoms with E-state index in [0.717, 1.165) is 12.0 Å². The molecule has 5 heterocycles. The Hall–Kier alpha value is -4.75. The third kappa shape index (κ3) is 8.77. The molecule has 7 rings (SSSR count). The molecule has 2 fully saturated rings. The molecule has 11 nitrogen and oxygen atoms in total. The molecule has 2 aromatic rings. The minimum atomic E-state index is -1.96. The summed E-state index contributed by atoms with van der Waals surface area (Å²) in [5.74, 6) is -4.78. The molecule has 2 bridgehead atoms. The van der Waals surface area contributed by atoms with Crippen LogP contribution in [0.5, 0.6) is 0 Å². The molecule has 0 unspecified atom stereocenters. The number of aromatic nitrogens is 1. The van der Waals surface area contributed by atoms with Crippen molar-refractivity contribution in [3.05, 3.63) is 125 Å². The van der Waals surface area contributed by atoms with E-state index in [1.165, 1.54) is 48.8 Å². The maximum absolute atomic E-state index is 14.6. The highest BCUT2D eigenvalue weighted by atomic mass is 19.1. The highest BCUT2D eigenvalue weighted by molar-refractivity contribution is 5.90. The number of rotatable bonds is 6. The van der Waals surface area contributed by atoms with E-state index in [2.05, 4.69) is 31.8 Å². The molecule has 0 saturated carbocycles. The summed E-state index contributed by atoms with van der Waals surface area (Å²) in [4.78, 5) is 45.3. The van der Waals surface area contributed by atoms with Gasteiger partial charge in [0.2, 0.25) is 0 Å². The monoisotopic (exact) mass is 811 g/mol. The molecule has 1 spiro atoms. The number of benzene rings is 1. The van der Waals surface area contributed by atoms with Crippen molar-refractivity contribution >= 4 is 17.9 Å². The van der Waals surface area contributed by atoms with Crippen molar-refractivity contribution in [1.29, 1.82) is 0 Å². The highest BCUT2D eigenvalue weighted by Gasteiger charge is 2.61. The SMILES string of the molecule is CC[C@H](C)[C@H]1O[C@]2(C=C[C@@H]1C)C[C@@H]1C[C@@H](C/C=C(\C)[C@@H](OC(=O)c3ccc(F)cc3)[C@@H](C)/C=C/C=C3\CO[C@@H]4[C@H](OC(=O)c5ccncc5)C(C)=C[C@@H](C(=O)O1)[C@]34O)O2. The van der Waals surface area contributed by atoms with E-state index in [-0.39, 0.29) is 48.0 Å². The maximum Gasteiger partial charge on any atom is 0.338 e. The van der Waals surface area contributed by atoms with Gasteiger partial charge in [-0.15, -0.1) is 0 Å². The van der Waals surface area contributed by atoms with Gasteiger partial charge in [-0.2, -0.15) is 0 Å². The summed E-state index contributed by atoms with van der Waals surface area (Å²) >= 11 is 0. The predicted octanol–water partition coefficient (Wildman–Crippen LogP) is 7.57. The van der Waals surface area contributed by atoms with E-state index in [9.17, 15) is 23.9 Å². The van der Waals surface area contributed by atoms with Crippen molar-refractivity contribution in [3.8, 4) is 0 Å². The summed E-state index contributed by atoms with van der Waals surface area (Å²) in [5, 5.41) is 12.8. The molecule has 5 aliphatic rings. The maximum atomic E-state index is 14.6. The molecule has 12 atom stereocenters. The summed E-state index contributed by atoms with van der Waals surface area (Å²) in [6.07, 6.45) is 13.5. The zero-order chi connectivity index (χ0) is 42.1. The molecule has 0 amide bonds. The number of hydrogen-bond donors (Lipinski definition) is 1. The Kier molecular flexibility index (Phi) is 12.5. The average molecular weight is 812 g/mol. The Morgan fingerprint density at radius 1 is 0.949 bits per heavy atom. The fraction of sp³-hybridized carbons (Fsp3) is 0.489. The van der Waals surface area contributed by atoms with Crippen molar-refractivity contribution in [2.45, 2.75) is 115 Å². The third-order valence-electron chi connectivity index (χ3n) is 12.5. The second-order valence-corrected chi connectivity index (χ2v) is 16.7. The molecule has 2 saturated heterocycles. The van der Waals surface area contributed by atoms with Gasteiger partial charge >= 0.3 is 17.9 Å². The topological polar surface area (TPSA) is 140 Å². The van der Waals surface area contributed by atoms with Gasteiger partial charge in [0.15, 0.2) is 11.9 Å². The first-order valence-electron chi connectivity index (χ1n) is 20.6. The number of ether oxygens (including phenoxy) is 6.